The maximum absolute atomic E-state index is 12.6. The highest BCUT2D eigenvalue weighted by molar-refractivity contribution is 6.40. The third-order valence-electron chi connectivity index (χ3n) is 2.58. The van der Waals surface area contributed by atoms with E-state index in [1.165, 1.54) is 6.07 Å². The molecule has 0 saturated heterocycles. The van der Waals surface area contributed by atoms with Crippen molar-refractivity contribution >= 4 is 34.8 Å². The molecule has 106 valence electrons. The second-order valence-electron chi connectivity index (χ2n) is 4.21. The molecule has 0 spiro atoms. The molecule has 0 aliphatic carbocycles. The summed E-state index contributed by atoms with van der Waals surface area (Å²) in [6.07, 6.45) is -4.89. The van der Waals surface area contributed by atoms with E-state index in [9.17, 15) is 18.0 Å². The highest BCUT2D eigenvalue weighted by atomic mass is 35.5. The monoisotopic (exact) mass is 314 g/mol. The van der Waals surface area contributed by atoms with Gasteiger partial charge in [0.1, 0.15) is 0 Å². The van der Waals surface area contributed by atoms with Crippen molar-refractivity contribution in [2.75, 3.05) is 5.32 Å². The zero-order valence-electron chi connectivity index (χ0n) is 10.0. The molecule has 0 saturated carbocycles. The van der Waals surface area contributed by atoms with Crippen molar-refractivity contribution in [1.29, 1.82) is 0 Å². The number of amides is 1. The number of aryl methyl sites for hydroxylation is 1. The van der Waals surface area contributed by atoms with Crippen molar-refractivity contribution in [2.24, 2.45) is 5.73 Å². The highest BCUT2D eigenvalue weighted by Crippen LogP contribution is 2.35. The average Bonchev–Trinajstić information content (AvgIpc) is 2.27. The molecule has 1 aromatic carbocycles. The van der Waals surface area contributed by atoms with E-state index in [2.05, 4.69) is 0 Å². The van der Waals surface area contributed by atoms with Crippen molar-refractivity contribution < 1.29 is 18.0 Å². The first kappa shape index (κ1) is 16.1. The van der Waals surface area contributed by atoms with Gasteiger partial charge in [-0.15, -0.1) is 0 Å². The molecule has 0 aliphatic heterocycles. The lowest BCUT2D eigenvalue weighted by atomic mass is 10.0. The van der Waals surface area contributed by atoms with Gasteiger partial charge >= 0.3 is 6.18 Å². The van der Waals surface area contributed by atoms with Gasteiger partial charge in [-0.2, -0.15) is 13.2 Å². The van der Waals surface area contributed by atoms with Crippen molar-refractivity contribution in [2.45, 2.75) is 25.6 Å². The number of alkyl halides is 3. The van der Waals surface area contributed by atoms with Crippen molar-refractivity contribution in [3.63, 3.8) is 0 Å². The van der Waals surface area contributed by atoms with E-state index in [4.69, 9.17) is 28.9 Å². The number of hydrogen-bond acceptors (Lipinski definition) is 2. The maximum Gasteiger partial charge on any atom is 0.415 e. The number of halogens is 5. The molecular weight excluding hydrogens is 304 g/mol. The van der Waals surface area contributed by atoms with E-state index in [-0.39, 0.29) is 15.7 Å². The van der Waals surface area contributed by atoms with Crippen molar-refractivity contribution in [3.8, 4) is 0 Å². The topological polar surface area (TPSA) is 55.1 Å². The molecule has 0 fully saturated rings. The number of nitrogens with two attached hydrogens (primary N) is 1. The van der Waals surface area contributed by atoms with Gasteiger partial charge in [-0.05, 0) is 25.5 Å². The first-order valence-corrected chi connectivity index (χ1v) is 5.85. The van der Waals surface area contributed by atoms with Crippen LogP contribution >= 0.6 is 23.2 Å². The Morgan fingerprint density at radius 2 is 1.84 bits per heavy atom. The Balaban J connectivity index is 3.12. The molecule has 1 amide bonds. The fourth-order valence-corrected chi connectivity index (χ4v) is 1.61. The largest absolute Gasteiger partial charge is 0.415 e. The van der Waals surface area contributed by atoms with E-state index in [1.54, 1.807) is 13.0 Å². The molecule has 3 nitrogen and oxygen atoms in total. The maximum atomic E-state index is 12.6. The van der Waals surface area contributed by atoms with Crippen molar-refractivity contribution in [3.05, 3.63) is 27.7 Å². The molecule has 0 aliphatic rings. The quantitative estimate of drug-likeness (QED) is 0.877. The minimum absolute atomic E-state index is 0.0296. The van der Waals surface area contributed by atoms with Crippen LogP contribution in [0.15, 0.2) is 12.1 Å². The van der Waals surface area contributed by atoms with Crippen LogP contribution in [0.2, 0.25) is 10.0 Å². The van der Waals surface area contributed by atoms with Gasteiger partial charge in [-0.1, -0.05) is 29.3 Å². The summed E-state index contributed by atoms with van der Waals surface area (Å²) in [6.45, 7) is 2.19. The Kier molecular flexibility index (Phi) is 4.39. The molecule has 0 heterocycles. The third-order valence-corrected chi connectivity index (χ3v) is 3.39. The summed E-state index contributed by atoms with van der Waals surface area (Å²) in [5.74, 6) is -1.44. The second-order valence-corrected chi connectivity index (χ2v) is 4.99. The zero-order chi connectivity index (χ0) is 15.0. The summed E-state index contributed by atoms with van der Waals surface area (Å²) in [5.41, 5.74) is 2.44. The molecule has 1 unspecified atom stereocenters. The smallest absolute Gasteiger partial charge is 0.322 e. The lowest BCUT2D eigenvalue weighted by Crippen LogP contribution is -2.59. The summed E-state index contributed by atoms with van der Waals surface area (Å²) in [6, 6.07) is 2.99. The number of anilines is 1. The van der Waals surface area contributed by atoms with E-state index in [0.29, 0.717) is 12.5 Å². The molecule has 0 radical (unpaired) electrons. The fraction of sp³-hybridized carbons (Fsp3) is 0.364. The fourth-order valence-electron chi connectivity index (χ4n) is 1.14. The number of nitrogens with one attached hydrogen (secondary N) is 1. The number of carbonyl (C=O) groups excluding carboxylic acids is 1. The van der Waals surface area contributed by atoms with Crippen LogP contribution in [-0.2, 0) is 4.79 Å². The number of rotatable bonds is 2. The van der Waals surface area contributed by atoms with Gasteiger partial charge in [0, 0.05) is 0 Å². The van der Waals surface area contributed by atoms with E-state index in [0.717, 1.165) is 0 Å². The van der Waals surface area contributed by atoms with Crippen molar-refractivity contribution in [1.82, 2.24) is 0 Å². The molecule has 1 aromatic rings. The summed E-state index contributed by atoms with van der Waals surface area (Å²) in [4.78, 5) is 11.6. The molecule has 1 rings (SSSR count). The van der Waals surface area contributed by atoms with Crippen LogP contribution in [-0.4, -0.2) is 17.6 Å². The second kappa shape index (κ2) is 5.19. The molecule has 3 N–H and O–H groups in total. The van der Waals surface area contributed by atoms with Crippen LogP contribution < -0.4 is 11.1 Å². The van der Waals surface area contributed by atoms with E-state index < -0.39 is 17.6 Å². The first-order valence-electron chi connectivity index (χ1n) is 5.10. The average molecular weight is 315 g/mol. The van der Waals surface area contributed by atoms with Gasteiger partial charge in [-0.3, -0.25) is 4.79 Å². The lowest BCUT2D eigenvalue weighted by Gasteiger charge is -2.26. The van der Waals surface area contributed by atoms with Gasteiger partial charge in [0.2, 0.25) is 0 Å². The van der Waals surface area contributed by atoms with Crippen LogP contribution in [0, 0.1) is 6.92 Å². The Hall–Kier alpha value is -0.980. The third kappa shape index (κ3) is 3.13. The van der Waals surface area contributed by atoms with Crippen LogP contribution in [0.25, 0.3) is 0 Å². The minimum Gasteiger partial charge on any atom is -0.322 e. The van der Waals surface area contributed by atoms with Crippen LogP contribution in [0.5, 0.6) is 0 Å². The minimum atomic E-state index is -4.89. The van der Waals surface area contributed by atoms with E-state index in [1.807, 2.05) is 5.32 Å². The van der Waals surface area contributed by atoms with Gasteiger partial charge in [0.25, 0.3) is 5.91 Å². The standard InChI is InChI=1S/C11H11Cl2F3N2O/c1-5-3-4-6(12)8(7(5)13)18-9(19)10(2,17)11(14,15)16/h3-4H,17H2,1-2H3,(H,18,19). The number of hydrogen-bond donors (Lipinski definition) is 2. The highest BCUT2D eigenvalue weighted by Gasteiger charge is 2.54. The molecule has 0 bridgehead atoms. The SMILES string of the molecule is Cc1ccc(Cl)c(NC(=O)C(C)(N)C(F)(F)F)c1Cl. The van der Waals surface area contributed by atoms with Crippen LogP contribution in [0.3, 0.4) is 0 Å². The van der Waals surface area contributed by atoms with Crippen LogP contribution in [0.4, 0.5) is 18.9 Å². The lowest BCUT2D eigenvalue weighted by molar-refractivity contribution is -0.184. The van der Waals surface area contributed by atoms with E-state index >= 15 is 0 Å². The number of benzene rings is 1. The number of carbonyl (C=O) groups is 1. The molecule has 1 atom stereocenters. The predicted molar refractivity (Wildman–Crippen MR) is 68.5 cm³/mol. The molecule has 8 heteroatoms. The first-order chi connectivity index (χ1) is 8.48. The Morgan fingerprint density at radius 3 is 2.32 bits per heavy atom. The molecule has 0 aromatic heterocycles. The van der Waals surface area contributed by atoms with Gasteiger partial charge < -0.3 is 11.1 Å². The van der Waals surface area contributed by atoms with Gasteiger partial charge in [0.15, 0.2) is 5.54 Å². The predicted octanol–water partition coefficient (Wildman–Crippen LogP) is 3.52. The summed E-state index contributed by atoms with van der Waals surface area (Å²) in [5, 5.41) is 2.12. The summed E-state index contributed by atoms with van der Waals surface area (Å²) in [7, 11) is 0. The van der Waals surface area contributed by atoms with Crippen LogP contribution in [0.1, 0.15) is 12.5 Å². The summed E-state index contributed by atoms with van der Waals surface area (Å²) < 4.78 is 37.8. The van der Waals surface area contributed by atoms with Gasteiger partial charge in [0.05, 0.1) is 15.7 Å². The molecule has 19 heavy (non-hydrogen) atoms. The zero-order valence-corrected chi connectivity index (χ0v) is 11.5. The normalized spacial score (nSPS) is 14.9. The summed E-state index contributed by atoms with van der Waals surface area (Å²) >= 11 is 11.7. The Labute approximate surface area is 117 Å². The Morgan fingerprint density at radius 1 is 1.32 bits per heavy atom. The van der Waals surface area contributed by atoms with Gasteiger partial charge in [-0.25, -0.2) is 0 Å². The molecular formula is C11H11Cl2F3N2O. The Bertz CT molecular complexity index is 515.